The number of benzene rings is 2. The second kappa shape index (κ2) is 9.53. The van der Waals surface area contributed by atoms with E-state index < -0.39 is 47.0 Å². The number of hydrogen-bond donors (Lipinski definition) is 0. The monoisotopic (exact) mass is 505 g/mol. The van der Waals surface area contributed by atoms with Crippen molar-refractivity contribution in [3.63, 3.8) is 0 Å². The van der Waals surface area contributed by atoms with Crippen molar-refractivity contribution >= 4 is 45.5 Å². The van der Waals surface area contributed by atoms with Gasteiger partial charge in [-0.15, -0.1) is 0 Å². The van der Waals surface area contributed by atoms with E-state index in [1.54, 1.807) is 43.3 Å². The standard InChI is InChI=1S/C22H20Cl2F3NO3S/c1-13-7-14(3-4-20(13)32(30)12-18(29)5-6-22(25,26)27)19-11-21(2,31-28-19)15-8-16(23)10-17(24)9-15/h3-4,7-10H,5-6,11-12H2,1-2H3. The first kappa shape index (κ1) is 24.7. The average molecular weight is 506 g/mol. The van der Waals surface area contributed by atoms with E-state index >= 15 is 0 Å². The molecule has 0 aliphatic carbocycles. The zero-order chi connectivity index (χ0) is 23.7. The molecule has 0 bridgehead atoms. The quantitative estimate of drug-likeness (QED) is 0.439. The van der Waals surface area contributed by atoms with Crippen LogP contribution < -0.4 is 0 Å². The molecule has 0 aromatic heterocycles. The maximum atomic E-state index is 12.5. The molecule has 2 aromatic rings. The van der Waals surface area contributed by atoms with Gasteiger partial charge in [0.2, 0.25) is 0 Å². The molecule has 3 rings (SSSR count). The summed E-state index contributed by atoms with van der Waals surface area (Å²) in [5.41, 5.74) is 2.09. The summed E-state index contributed by atoms with van der Waals surface area (Å²) in [7, 11) is -1.73. The zero-order valence-electron chi connectivity index (χ0n) is 17.3. The SMILES string of the molecule is Cc1cc(C2=NOC(C)(c3cc(Cl)cc(Cl)c3)C2)ccc1S(=O)CC(=O)CCC(F)(F)F. The Bertz CT molecular complexity index is 1080. The largest absolute Gasteiger partial charge is 0.389 e. The molecule has 32 heavy (non-hydrogen) atoms. The van der Waals surface area contributed by atoms with Crippen molar-refractivity contribution in [2.75, 3.05) is 5.75 Å². The highest BCUT2D eigenvalue weighted by Crippen LogP contribution is 2.38. The molecule has 0 spiro atoms. The fraction of sp³-hybridized carbons (Fsp3) is 0.364. The third-order valence-electron chi connectivity index (χ3n) is 5.07. The van der Waals surface area contributed by atoms with E-state index in [9.17, 15) is 22.2 Å². The molecule has 4 nitrogen and oxygen atoms in total. The average Bonchev–Trinajstić information content (AvgIpc) is 3.08. The Morgan fingerprint density at radius 1 is 1.19 bits per heavy atom. The molecule has 0 fully saturated rings. The van der Waals surface area contributed by atoms with Crippen molar-refractivity contribution in [2.24, 2.45) is 5.16 Å². The van der Waals surface area contributed by atoms with E-state index in [-0.39, 0.29) is 0 Å². The molecule has 1 aliphatic rings. The van der Waals surface area contributed by atoms with Crippen LogP contribution >= 0.6 is 23.2 Å². The molecule has 172 valence electrons. The van der Waals surface area contributed by atoms with Crippen molar-refractivity contribution in [1.29, 1.82) is 0 Å². The highest BCUT2D eigenvalue weighted by Gasteiger charge is 2.37. The smallest absolute Gasteiger partial charge is 0.384 e. The van der Waals surface area contributed by atoms with Gasteiger partial charge in [0.05, 0.1) is 28.7 Å². The van der Waals surface area contributed by atoms with Gasteiger partial charge >= 0.3 is 6.18 Å². The predicted molar refractivity (Wildman–Crippen MR) is 119 cm³/mol. The minimum atomic E-state index is -4.41. The summed E-state index contributed by atoms with van der Waals surface area (Å²) in [6.45, 7) is 3.59. The lowest BCUT2D eigenvalue weighted by Gasteiger charge is -2.22. The predicted octanol–water partition coefficient (Wildman–Crippen LogP) is 6.36. The van der Waals surface area contributed by atoms with E-state index in [1.807, 2.05) is 6.92 Å². The number of ketones is 1. The number of rotatable bonds is 7. The van der Waals surface area contributed by atoms with Gasteiger partial charge in [0.1, 0.15) is 5.78 Å². The van der Waals surface area contributed by atoms with Crippen LogP contribution in [0.5, 0.6) is 0 Å². The third-order valence-corrected chi connectivity index (χ3v) is 7.04. The number of aryl methyl sites for hydroxylation is 1. The number of Topliss-reactive ketones (excluding diaryl/α,β-unsaturated/α-hetero) is 1. The van der Waals surface area contributed by atoms with Crippen LogP contribution in [0.15, 0.2) is 46.4 Å². The van der Waals surface area contributed by atoms with Crippen molar-refractivity contribution in [3.05, 3.63) is 63.1 Å². The van der Waals surface area contributed by atoms with Crippen molar-refractivity contribution in [1.82, 2.24) is 0 Å². The minimum absolute atomic E-state index is 0.401. The highest BCUT2D eigenvalue weighted by molar-refractivity contribution is 7.85. The van der Waals surface area contributed by atoms with Crippen LogP contribution in [-0.2, 0) is 26.0 Å². The Kier molecular flexibility index (Phi) is 7.37. The first-order valence-corrected chi connectivity index (χ1v) is 11.7. The number of halogens is 5. The summed E-state index contributed by atoms with van der Waals surface area (Å²) in [4.78, 5) is 17.9. The fourth-order valence-electron chi connectivity index (χ4n) is 3.37. The van der Waals surface area contributed by atoms with Crippen LogP contribution in [0.4, 0.5) is 13.2 Å². The lowest BCUT2D eigenvalue weighted by atomic mass is 9.89. The third kappa shape index (κ3) is 6.11. The molecule has 2 atom stereocenters. The Morgan fingerprint density at radius 3 is 2.44 bits per heavy atom. The molecule has 1 aliphatic heterocycles. The molecule has 0 saturated carbocycles. The number of alkyl halides is 3. The van der Waals surface area contributed by atoms with Crippen LogP contribution in [0.3, 0.4) is 0 Å². The van der Waals surface area contributed by atoms with Crippen molar-refractivity contribution in [2.45, 2.75) is 49.8 Å². The van der Waals surface area contributed by atoms with Gasteiger partial charge in [-0.1, -0.05) is 34.4 Å². The highest BCUT2D eigenvalue weighted by atomic mass is 35.5. The number of carbonyl (C=O) groups excluding carboxylic acids is 1. The fourth-order valence-corrected chi connectivity index (χ4v) is 5.13. The van der Waals surface area contributed by atoms with Gasteiger partial charge in [0, 0.05) is 33.3 Å². The molecule has 2 aromatic carbocycles. The summed E-state index contributed by atoms with van der Waals surface area (Å²) in [5, 5.41) is 5.17. The van der Waals surface area contributed by atoms with Crippen molar-refractivity contribution in [3.8, 4) is 0 Å². The number of nitrogens with zero attached hydrogens (tertiary/aromatic N) is 1. The van der Waals surface area contributed by atoms with E-state index in [0.717, 1.165) is 11.1 Å². The second-order valence-corrected chi connectivity index (χ2v) is 10.1. The Hall–Kier alpha value is -1.90. The molecule has 0 saturated heterocycles. The maximum absolute atomic E-state index is 12.5. The van der Waals surface area contributed by atoms with E-state index in [4.69, 9.17) is 28.0 Å². The zero-order valence-corrected chi connectivity index (χ0v) is 19.6. The van der Waals surface area contributed by atoms with Crippen LogP contribution in [0, 0.1) is 6.92 Å². The normalized spacial score (nSPS) is 19.4. The Morgan fingerprint density at radius 2 is 1.84 bits per heavy atom. The Balaban J connectivity index is 1.70. The summed E-state index contributed by atoms with van der Waals surface area (Å²) in [6, 6.07) is 10.2. The van der Waals surface area contributed by atoms with E-state index in [1.165, 1.54) is 0 Å². The molecule has 0 amide bonds. The number of oxime groups is 1. The van der Waals surface area contributed by atoms with Crippen LogP contribution in [0.1, 0.15) is 42.9 Å². The van der Waals surface area contributed by atoms with Crippen molar-refractivity contribution < 1.29 is 27.0 Å². The van der Waals surface area contributed by atoms with Gasteiger partial charge in [-0.3, -0.25) is 9.00 Å². The summed E-state index contributed by atoms with van der Waals surface area (Å²) in [6.07, 6.45) is -5.85. The topological polar surface area (TPSA) is 55.7 Å². The van der Waals surface area contributed by atoms with Gasteiger partial charge in [0.25, 0.3) is 0 Å². The summed E-state index contributed by atoms with van der Waals surface area (Å²) < 4.78 is 49.3. The number of hydrogen-bond acceptors (Lipinski definition) is 4. The van der Waals surface area contributed by atoms with E-state index in [2.05, 4.69) is 5.16 Å². The first-order valence-electron chi connectivity index (χ1n) is 9.66. The molecule has 0 radical (unpaired) electrons. The molecular formula is C22H20Cl2F3NO3S. The second-order valence-electron chi connectivity index (χ2n) is 7.82. The lowest BCUT2D eigenvalue weighted by molar-refractivity contribution is -0.142. The lowest BCUT2D eigenvalue weighted by Crippen LogP contribution is -2.22. The molecule has 2 unspecified atom stereocenters. The minimum Gasteiger partial charge on any atom is -0.384 e. The van der Waals surface area contributed by atoms with Crippen LogP contribution in [0.2, 0.25) is 10.0 Å². The van der Waals surface area contributed by atoms with Crippen LogP contribution in [-0.4, -0.2) is 27.6 Å². The summed E-state index contributed by atoms with van der Waals surface area (Å²) in [5.74, 6) is -1.14. The first-order chi connectivity index (χ1) is 14.9. The van der Waals surface area contributed by atoms with Gasteiger partial charge in [-0.25, -0.2) is 0 Å². The van der Waals surface area contributed by atoms with Gasteiger partial charge in [-0.05, 0) is 55.3 Å². The number of carbonyl (C=O) groups is 1. The summed E-state index contributed by atoms with van der Waals surface area (Å²) >= 11 is 12.2. The molecular weight excluding hydrogens is 486 g/mol. The maximum Gasteiger partial charge on any atom is 0.389 e. The van der Waals surface area contributed by atoms with E-state index in [0.29, 0.717) is 32.6 Å². The van der Waals surface area contributed by atoms with Gasteiger partial charge < -0.3 is 4.84 Å². The molecule has 0 N–H and O–H groups in total. The molecule has 1 heterocycles. The molecule has 10 heteroatoms. The van der Waals surface area contributed by atoms with Gasteiger partial charge in [0.15, 0.2) is 5.60 Å². The Labute approximate surface area is 196 Å². The van der Waals surface area contributed by atoms with Crippen LogP contribution in [0.25, 0.3) is 0 Å². The van der Waals surface area contributed by atoms with Gasteiger partial charge in [-0.2, -0.15) is 13.2 Å².